The van der Waals surface area contributed by atoms with Crippen molar-refractivity contribution < 1.29 is 13.0 Å². The van der Waals surface area contributed by atoms with Gasteiger partial charge in [-0.25, -0.2) is 0 Å². The lowest BCUT2D eigenvalue weighted by Gasteiger charge is -2.08. The Hall–Kier alpha value is -1.85. The Kier molecular flexibility index (Phi) is 2.87. The predicted octanol–water partition coefficient (Wildman–Crippen LogP) is 2.18. The predicted molar refractivity (Wildman–Crippen MR) is 66.1 cm³/mol. The molecule has 2 aromatic rings. The van der Waals surface area contributed by atoms with Gasteiger partial charge >= 0.3 is 0 Å². The number of nitrogens with two attached hydrogens (primary N) is 1. The van der Waals surface area contributed by atoms with E-state index in [4.69, 9.17) is 10.3 Å². The fourth-order valence-corrected chi connectivity index (χ4v) is 2.28. The second-order valence-electron chi connectivity index (χ2n) is 3.56. The maximum Gasteiger partial charge on any atom is 0.296 e. The van der Waals surface area contributed by atoms with E-state index in [1.165, 1.54) is 6.07 Å². The van der Waals surface area contributed by atoms with E-state index in [0.717, 1.165) is 5.56 Å². The van der Waals surface area contributed by atoms with Crippen LogP contribution in [0.2, 0.25) is 0 Å². The highest BCUT2D eigenvalue weighted by atomic mass is 32.2. The van der Waals surface area contributed by atoms with Gasteiger partial charge in [0, 0.05) is 5.56 Å². The highest BCUT2D eigenvalue weighted by molar-refractivity contribution is 7.86. The highest BCUT2D eigenvalue weighted by Crippen LogP contribution is 2.30. The van der Waals surface area contributed by atoms with Crippen molar-refractivity contribution in [2.75, 3.05) is 5.73 Å². The fraction of sp³-hybridized carbons (Fsp3) is 0. The molecule has 0 amide bonds. The molecule has 0 atom stereocenters. The Labute approximate surface area is 99.5 Å². The Morgan fingerprint density at radius 3 is 2.18 bits per heavy atom. The third kappa shape index (κ3) is 2.30. The molecule has 0 aliphatic heterocycles. The van der Waals surface area contributed by atoms with Crippen LogP contribution in [0.15, 0.2) is 53.4 Å². The van der Waals surface area contributed by atoms with E-state index in [1.807, 2.05) is 30.3 Å². The Morgan fingerprint density at radius 2 is 1.59 bits per heavy atom. The number of anilines is 1. The van der Waals surface area contributed by atoms with Crippen LogP contribution in [0, 0.1) is 0 Å². The summed E-state index contributed by atoms with van der Waals surface area (Å²) in [6, 6.07) is 13.7. The molecule has 5 heteroatoms. The van der Waals surface area contributed by atoms with Gasteiger partial charge < -0.3 is 5.73 Å². The summed E-state index contributed by atoms with van der Waals surface area (Å²) < 4.78 is 31.3. The molecular formula is C12H11NO3S. The van der Waals surface area contributed by atoms with Gasteiger partial charge in [-0.3, -0.25) is 4.55 Å². The van der Waals surface area contributed by atoms with Crippen molar-refractivity contribution in [1.82, 2.24) is 0 Å². The van der Waals surface area contributed by atoms with E-state index >= 15 is 0 Å². The first-order chi connectivity index (χ1) is 8.00. The lowest BCUT2D eigenvalue weighted by Crippen LogP contribution is -2.04. The second-order valence-corrected chi connectivity index (χ2v) is 4.95. The number of hydrogen-bond acceptors (Lipinski definition) is 3. The van der Waals surface area contributed by atoms with Crippen LogP contribution in [-0.4, -0.2) is 13.0 Å². The second kappa shape index (κ2) is 4.20. The smallest absolute Gasteiger partial charge is 0.296 e. The quantitative estimate of drug-likeness (QED) is 0.631. The third-order valence-electron chi connectivity index (χ3n) is 2.43. The molecule has 0 fully saturated rings. The zero-order valence-electron chi connectivity index (χ0n) is 8.87. The van der Waals surface area contributed by atoms with E-state index < -0.39 is 10.1 Å². The van der Waals surface area contributed by atoms with Crippen molar-refractivity contribution >= 4 is 15.8 Å². The number of hydrogen-bond donors (Lipinski definition) is 2. The first-order valence-corrected chi connectivity index (χ1v) is 6.35. The van der Waals surface area contributed by atoms with Gasteiger partial charge in [-0.1, -0.05) is 42.5 Å². The molecule has 2 aromatic carbocycles. The molecule has 0 spiro atoms. The lowest BCUT2D eigenvalue weighted by molar-refractivity contribution is 0.483. The highest BCUT2D eigenvalue weighted by Gasteiger charge is 2.16. The monoisotopic (exact) mass is 249 g/mol. The molecule has 3 N–H and O–H groups in total. The zero-order valence-corrected chi connectivity index (χ0v) is 9.68. The van der Waals surface area contributed by atoms with Crippen LogP contribution in [0.5, 0.6) is 0 Å². The molecule has 2 rings (SSSR count). The normalized spacial score (nSPS) is 11.4. The molecule has 0 saturated carbocycles. The average Bonchev–Trinajstić information content (AvgIpc) is 2.29. The molecule has 0 radical (unpaired) electrons. The molecule has 0 aliphatic carbocycles. The number of rotatable bonds is 2. The van der Waals surface area contributed by atoms with Crippen molar-refractivity contribution in [3.05, 3.63) is 48.5 Å². The molecule has 4 nitrogen and oxygen atoms in total. The topological polar surface area (TPSA) is 80.4 Å². The summed E-state index contributed by atoms with van der Waals surface area (Å²) in [5.74, 6) is 0. The minimum Gasteiger partial charge on any atom is -0.397 e. The van der Waals surface area contributed by atoms with Gasteiger partial charge in [0.05, 0.1) is 5.69 Å². The first kappa shape index (κ1) is 11.6. The van der Waals surface area contributed by atoms with Crippen LogP contribution in [0.3, 0.4) is 0 Å². The first-order valence-electron chi connectivity index (χ1n) is 4.91. The van der Waals surface area contributed by atoms with E-state index in [1.54, 1.807) is 12.1 Å². The van der Waals surface area contributed by atoms with Gasteiger partial charge in [0.15, 0.2) is 0 Å². The molecule has 0 aromatic heterocycles. The summed E-state index contributed by atoms with van der Waals surface area (Å²) in [6.07, 6.45) is 0. The molecule has 0 unspecified atom stereocenters. The van der Waals surface area contributed by atoms with E-state index in [0.29, 0.717) is 5.56 Å². The molecule has 88 valence electrons. The Balaban J connectivity index is 2.67. The van der Waals surface area contributed by atoms with Gasteiger partial charge in [-0.15, -0.1) is 0 Å². The fourth-order valence-electron chi connectivity index (χ4n) is 1.64. The molecule has 17 heavy (non-hydrogen) atoms. The van der Waals surface area contributed by atoms with Crippen molar-refractivity contribution in [2.24, 2.45) is 0 Å². The zero-order chi connectivity index (χ0) is 12.5. The molecule has 0 bridgehead atoms. The SMILES string of the molecule is Nc1c(-c2ccccc2)cccc1S(=O)(=O)O. The molecule has 0 saturated heterocycles. The van der Waals surface area contributed by atoms with E-state index in [9.17, 15) is 8.42 Å². The summed E-state index contributed by atoms with van der Waals surface area (Å²) in [6.45, 7) is 0. The molecular weight excluding hydrogens is 238 g/mol. The summed E-state index contributed by atoms with van der Waals surface area (Å²) in [4.78, 5) is -0.265. The van der Waals surface area contributed by atoms with Crippen LogP contribution in [0.25, 0.3) is 11.1 Å². The van der Waals surface area contributed by atoms with Gasteiger partial charge in [0.2, 0.25) is 0 Å². The van der Waals surface area contributed by atoms with Crippen molar-refractivity contribution in [1.29, 1.82) is 0 Å². The third-order valence-corrected chi connectivity index (χ3v) is 3.34. The maximum absolute atomic E-state index is 11.1. The lowest BCUT2D eigenvalue weighted by atomic mass is 10.0. The van der Waals surface area contributed by atoms with Crippen molar-refractivity contribution in [3.63, 3.8) is 0 Å². The van der Waals surface area contributed by atoms with Gasteiger partial charge in [-0.05, 0) is 11.6 Å². The van der Waals surface area contributed by atoms with Crippen LogP contribution < -0.4 is 5.73 Å². The van der Waals surface area contributed by atoms with Crippen molar-refractivity contribution in [3.8, 4) is 11.1 Å². The van der Waals surface area contributed by atoms with E-state index in [-0.39, 0.29) is 10.6 Å². The van der Waals surface area contributed by atoms with Gasteiger partial charge in [-0.2, -0.15) is 8.42 Å². The summed E-state index contributed by atoms with van der Waals surface area (Å²) in [7, 11) is -4.29. The molecule has 0 aliphatic rings. The summed E-state index contributed by atoms with van der Waals surface area (Å²) in [5, 5.41) is 0. The Morgan fingerprint density at radius 1 is 0.941 bits per heavy atom. The Bertz CT molecular complexity index is 636. The maximum atomic E-state index is 11.1. The molecule has 0 heterocycles. The summed E-state index contributed by atoms with van der Waals surface area (Å²) in [5.41, 5.74) is 7.20. The average molecular weight is 249 g/mol. The number of nitrogen functional groups attached to an aromatic ring is 1. The van der Waals surface area contributed by atoms with Crippen molar-refractivity contribution in [2.45, 2.75) is 4.90 Å². The van der Waals surface area contributed by atoms with Crippen LogP contribution in [0.4, 0.5) is 5.69 Å². The van der Waals surface area contributed by atoms with Crippen LogP contribution in [0.1, 0.15) is 0 Å². The minimum atomic E-state index is -4.29. The standard InChI is InChI=1S/C12H11NO3S/c13-12-10(9-5-2-1-3-6-9)7-4-8-11(12)17(14,15)16/h1-8H,13H2,(H,14,15,16). The van der Waals surface area contributed by atoms with Crippen LogP contribution in [-0.2, 0) is 10.1 Å². The van der Waals surface area contributed by atoms with E-state index in [2.05, 4.69) is 0 Å². The van der Waals surface area contributed by atoms with Gasteiger partial charge in [0.1, 0.15) is 4.90 Å². The van der Waals surface area contributed by atoms with Crippen LogP contribution >= 0.6 is 0 Å². The number of para-hydroxylation sites is 1. The number of benzene rings is 2. The summed E-state index contributed by atoms with van der Waals surface area (Å²) >= 11 is 0. The van der Waals surface area contributed by atoms with Gasteiger partial charge in [0.25, 0.3) is 10.1 Å². The minimum absolute atomic E-state index is 0.0567. The largest absolute Gasteiger partial charge is 0.397 e.